The summed E-state index contributed by atoms with van der Waals surface area (Å²) in [6, 6.07) is 2.01. The third-order valence-corrected chi connectivity index (χ3v) is 6.27. The van der Waals surface area contributed by atoms with Crippen LogP contribution in [0.1, 0.15) is 32.4 Å². The van der Waals surface area contributed by atoms with Gasteiger partial charge in [0.15, 0.2) is 0 Å². The zero-order valence-corrected chi connectivity index (χ0v) is 15.3. The van der Waals surface area contributed by atoms with Crippen molar-refractivity contribution in [2.45, 2.75) is 33.2 Å². The second kappa shape index (κ2) is 8.23. The van der Waals surface area contributed by atoms with Crippen LogP contribution in [0.2, 0.25) is 0 Å². The van der Waals surface area contributed by atoms with Gasteiger partial charge >= 0.3 is 0 Å². The first-order valence-corrected chi connectivity index (χ1v) is 9.83. The van der Waals surface area contributed by atoms with Crippen molar-refractivity contribution in [1.29, 1.82) is 0 Å². The monoisotopic (exact) mass is 343 g/mol. The van der Waals surface area contributed by atoms with E-state index in [1.807, 2.05) is 31.6 Å². The summed E-state index contributed by atoms with van der Waals surface area (Å²) in [7, 11) is -1.39. The average molecular weight is 343 g/mol. The van der Waals surface area contributed by atoms with Gasteiger partial charge in [0, 0.05) is 59.1 Å². The van der Waals surface area contributed by atoms with E-state index in [1.165, 1.54) is 0 Å². The van der Waals surface area contributed by atoms with E-state index in [1.54, 1.807) is 14.8 Å². The van der Waals surface area contributed by atoms with Gasteiger partial charge in [-0.1, -0.05) is 13.8 Å². The zero-order chi connectivity index (χ0) is 16.9. The van der Waals surface area contributed by atoms with E-state index < -0.39 is 10.2 Å². The fourth-order valence-electron chi connectivity index (χ4n) is 2.91. The summed E-state index contributed by atoms with van der Waals surface area (Å²) >= 11 is 0. The number of aryl methyl sites for hydroxylation is 1. The number of piperazine rings is 1. The van der Waals surface area contributed by atoms with E-state index in [-0.39, 0.29) is 0 Å². The average Bonchev–Trinajstić information content (AvgIpc) is 2.93. The lowest BCUT2D eigenvalue weighted by Crippen LogP contribution is -2.53. The maximum Gasteiger partial charge on any atom is 0.282 e. The van der Waals surface area contributed by atoms with Gasteiger partial charge in [0.1, 0.15) is 0 Å². The summed E-state index contributed by atoms with van der Waals surface area (Å²) in [5.74, 6) is 0. The van der Waals surface area contributed by atoms with E-state index in [2.05, 4.69) is 10.00 Å². The highest BCUT2D eigenvalue weighted by Crippen LogP contribution is 2.15. The van der Waals surface area contributed by atoms with Gasteiger partial charge in [-0.25, -0.2) is 0 Å². The van der Waals surface area contributed by atoms with E-state index in [0.717, 1.165) is 38.2 Å². The second-order valence-corrected chi connectivity index (χ2v) is 7.96. The molecule has 8 heteroatoms. The third-order valence-electron chi connectivity index (χ3n) is 4.24. The standard InChI is InChI=1S/C15H29N5O2S/c1-4-8-19(9-5-2)23(21,22)20-12-10-18(11-13-20)14-15-6-7-16-17(15)3/h6-7H,4-5,8-14H2,1-3H3. The Kier molecular flexibility index (Phi) is 6.58. The molecule has 1 aliphatic heterocycles. The largest absolute Gasteiger partial charge is 0.295 e. The summed E-state index contributed by atoms with van der Waals surface area (Å²) in [6.07, 6.45) is 3.49. The molecule has 0 N–H and O–H groups in total. The summed E-state index contributed by atoms with van der Waals surface area (Å²) in [5.41, 5.74) is 1.15. The highest BCUT2D eigenvalue weighted by atomic mass is 32.2. The molecule has 0 unspecified atom stereocenters. The van der Waals surface area contributed by atoms with Crippen LogP contribution >= 0.6 is 0 Å². The van der Waals surface area contributed by atoms with Crippen molar-refractivity contribution in [1.82, 2.24) is 23.3 Å². The summed E-state index contributed by atoms with van der Waals surface area (Å²) < 4.78 is 30.7. The molecule has 7 nitrogen and oxygen atoms in total. The first-order valence-electron chi connectivity index (χ1n) is 8.43. The van der Waals surface area contributed by atoms with Crippen LogP contribution in [0.5, 0.6) is 0 Å². The molecule has 2 heterocycles. The van der Waals surface area contributed by atoms with E-state index in [0.29, 0.717) is 26.2 Å². The van der Waals surface area contributed by atoms with Crippen LogP contribution in [0.4, 0.5) is 0 Å². The number of hydrogen-bond donors (Lipinski definition) is 0. The van der Waals surface area contributed by atoms with Crippen LogP contribution in [0.25, 0.3) is 0 Å². The molecule has 1 fully saturated rings. The van der Waals surface area contributed by atoms with Gasteiger partial charge in [0.2, 0.25) is 0 Å². The minimum absolute atomic E-state index is 0.560. The molecule has 2 rings (SSSR count). The molecule has 0 spiro atoms. The normalized spacial score (nSPS) is 17.9. The fraction of sp³-hybridized carbons (Fsp3) is 0.800. The van der Waals surface area contributed by atoms with Crippen molar-refractivity contribution in [3.63, 3.8) is 0 Å². The smallest absolute Gasteiger partial charge is 0.282 e. The van der Waals surface area contributed by atoms with Crippen LogP contribution in [-0.4, -0.2) is 71.0 Å². The van der Waals surface area contributed by atoms with Crippen molar-refractivity contribution in [2.24, 2.45) is 7.05 Å². The Hall–Kier alpha value is -0.960. The Bertz CT molecular complexity index is 572. The lowest BCUT2D eigenvalue weighted by molar-refractivity contribution is 0.171. The molecule has 1 saturated heterocycles. The quantitative estimate of drug-likeness (QED) is 0.704. The SMILES string of the molecule is CCCN(CCC)S(=O)(=O)N1CCN(Cc2ccnn2C)CC1. The van der Waals surface area contributed by atoms with Crippen LogP contribution in [-0.2, 0) is 23.8 Å². The molecule has 1 aromatic heterocycles. The van der Waals surface area contributed by atoms with Crippen molar-refractivity contribution in [3.05, 3.63) is 18.0 Å². The third kappa shape index (κ3) is 4.53. The maximum absolute atomic E-state index is 12.8. The van der Waals surface area contributed by atoms with Gasteiger partial charge in [-0.2, -0.15) is 22.1 Å². The lowest BCUT2D eigenvalue weighted by Gasteiger charge is -2.36. The molecule has 0 aromatic carbocycles. The molecular weight excluding hydrogens is 314 g/mol. The van der Waals surface area contributed by atoms with Gasteiger partial charge in [-0.05, 0) is 18.9 Å². The molecule has 0 saturated carbocycles. The van der Waals surface area contributed by atoms with Gasteiger partial charge in [-0.3, -0.25) is 9.58 Å². The Morgan fingerprint density at radius 3 is 2.22 bits per heavy atom. The van der Waals surface area contributed by atoms with Crippen molar-refractivity contribution >= 4 is 10.2 Å². The van der Waals surface area contributed by atoms with E-state index >= 15 is 0 Å². The van der Waals surface area contributed by atoms with Crippen molar-refractivity contribution in [3.8, 4) is 0 Å². The molecule has 0 radical (unpaired) electrons. The zero-order valence-electron chi connectivity index (χ0n) is 14.5. The van der Waals surface area contributed by atoms with Crippen LogP contribution in [0, 0.1) is 0 Å². The predicted octanol–water partition coefficient (Wildman–Crippen LogP) is 0.905. The predicted molar refractivity (Wildman–Crippen MR) is 91.1 cm³/mol. The molecule has 1 aliphatic rings. The Balaban J connectivity index is 1.93. The number of rotatable bonds is 8. The molecule has 23 heavy (non-hydrogen) atoms. The Labute approximate surface area is 140 Å². The molecule has 0 bridgehead atoms. The highest BCUT2D eigenvalue weighted by molar-refractivity contribution is 7.86. The molecule has 0 amide bonds. The number of hydrogen-bond acceptors (Lipinski definition) is 4. The summed E-state index contributed by atoms with van der Waals surface area (Å²) in [5, 5.41) is 4.18. The van der Waals surface area contributed by atoms with E-state index in [9.17, 15) is 8.42 Å². The highest BCUT2D eigenvalue weighted by Gasteiger charge is 2.31. The summed E-state index contributed by atoms with van der Waals surface area (Å²) in [4.78, 5) is 2.28. The maximum atomic E-state index is 12.8. The first-order chi connectivity index (χ1) is 11.0. The number of aromatic nitrogens is 2. The number of nitrogens with zero attached hydrogens (tertiary/aromatic N) is 5. The van der Waals surface area contributed by atoms with Crippen molar-refractivity contribution in [2.75, 3.05) is 39.3 Å². The fourth-order valence-corrected chi connectivity index (χ4v) is 4.69. The molecular formula is C15H29N5O2S. The van der Waals surface area contributed by atoms with Gasteiger partial charge < -0.3 is 0 Å². The van der Waals surface area contributed by atoms with Gasteiger partial charge in [0.05, 0.1) is 5.69 Å². The minimum Gasteiger partial charge on any atom is -0.295 e. The van der Waals surface area contributed by atoms with Crippen LogP contribution in [0.15, 0.2) is 12.3 Å². The van der Waals surface area contributed by atoms with Crippen molar-refractivity contribution < 1.29 is 8.42 Å². The molecule has 132 valence electrons. The Morgan fingerprint density at radius 2 is 1.74 bits per heavy atom. The van der Waals surface area contributed by atoms with Gasteiger partial charge in [0.25, 0.3) is 10.2 Å². The second-order valence-electron chi connectivity index (χ2n) is 6.03. The summed E-state index contributed by atoms with van der Waals surface area (Å²) in [6.45, 7) is 8.70. The minimum atomic E-state index is -3.32. The van der Waals surface area contributed by atoms with Crippen LogP contribution in [0.3, 0.4) is 0 Å². The Morgan fingerprint density at radius 1 is 1.13 bits per heavy atom. The van der Waals surface area contributed by atoms with Gasteiger partial charge in [-0.15, -0.1) is 0 Å². The molecule has 1 aromatic rings. The lowest BCUT2D eigenvalue weighted by atomic mass is 10.3. The molecule has 0 aliphatic carbocycles. The molecule has 0 atom stereocenters. The first kappa shape index (κ1) is 18.4. The topological polar surface area (TPSA) is 61.7 Å². The van der Waals surface area contributed by atoms with E-state index in [4.69, 9.17) is 0 Å². The van der Waals surface area contributed by atoms with Crippen LogP contribution < -0.4 is 0 Å².